The summed E-state index contributed by atoms with van der Waals surface area (Å²) in [5.41, 5.74) is 0. The Morgan fingerprint density at radius 2 is 1.75 bits per heavy atom. The lowest BCUT2D eigenvalue weighted by Gasteiger charge is -2.28. The van der Waals surface area contributed by atoms with E-state index in [0.29, 0.717) is 17.7 Å². The van der Waals surface area contributed by atoms with Crippen LogP contribution in [0.4, 0.5) is 4.79 Å². The highest BCUT2D eigenvalue weighted by Gasteiger charge is 2.37. The van der Waals surface area contributed by atoms with Gasteiger partial charge in [0.15, 0.2) is 0 Å². The van der Waals surface area contributed by atoms with Gasteiger partial charge in [-0.2, -0.15) is 0 Å². The Balaban J connectivity index is 2.84. The van der Waals surface area contributed by atoms with Crippen LogP contribution in [-0.2, 0) is 19.1 Å². The number of ether oxygens (including phenoxy) is 1. The van der Waals surface area contributed by atoms with E-state index in [9.17, 15) is 19.2 Å². The van der Waals surface area contributed by atoms with E-state index in [1.54, 1.807) is 0 Å². The van der Waals surface area contributed by atoms with Crippen LogP contribution in [0.5, 0.6) is 0 Å². The van der Waals surface area contributed by atoms with Crippen LogP contribution < -0.4 is 0 Å². The number of urea groups is 1. The summed E-state index contributed by atoms with van der Waals surface area (Å²) in [6.45, 7) is -1.22. The third-order valence-corrected chi connectivity index (χ3v) is 2.89. The Morgan fingerprint density at radius 1 is 1.20 bits per heavy atom. The van der Waals surface area contributed by atoms with Gasteiger partial charge in [-0.05, 0) is 12.8 Å². The van der Waals surface area contributed by atoms with Gasteiger partial charge in [0.05, 0.1) is 7.11 Å². The summed E-state index contributed by atoms with van der Waals surface area (Å²) in [6.07, 6.45) is 0.978. The highest BCUT2D eigenvalue weighted by molar-refractivity contribution is 5.88. The molecule has 1 heterocycles. The molecule has 2 amide bonds. The van der Waals surface area contributed by atoms with Crippen LogP contribution in [0.15, 0.2) is 0 Å². The number of carbonyl (C=O) groups is 4. The van der Waals surface area contributed by atoms with E-state index in [4.69, 9.17) is 10.2 Å². The summed E-state index contributed by atoms with van der Waals surface area (Å²) in [4.78, 5) is 46.9. The van der Waals surface area contributed by atoms with E-state index in [0.717, 1.165) is 4.90 Å². The van der Waals surface area contributed by atoms with Gasteiger partial charge in [0.25, 0.3) is 0 Å². The maximum atomic E-state index is 12.2. The average molecular weight is 288 g/mol. The third kappa shape index (κ3) is 3.84. The molecule has 1 atom stereocenters. The van der Waals surface area contributed by atoms with E-state index in [-0.39, 0.29) is 6.54 Å². The molecule has 0 saturated carbocycles. The molecule has 0 aromatic heterocycles. The van der Waals surface area contributed by atoms with E-state index < -0.39 is 43.1 Å². The first kappa shape index (κ1) is 15.7. The molecular weight excluding hydrogens is 272 g/mol. The fourth-order valence-corrected chi connectivity index (χ4v) is 2.08. The van der Waals surface area contributed by atoms with Gasteiger partial charge in [0.1, 0.15) is 19.1 Å². The van der Waals surface area contributed by atoms with Crippen LogP contribution in [0.1, 0.15) is 12.8 Å². The average Bonchev–Trinajstić information content (AvgIpc) is 2.84. The number of carbonyl (C=O) groups excluding carboxylic acids is 2. The number of aliphatic carboxylic acids is 2. The van der Waals surface area contributed by atoms with Crippen LogP contribution in [-0.4, -0.2) is 76.7 Å². The fourth-order valence-electron chi connectivity index (χ4n) is 2.08. The first-order valence-electron chi connectivity index (χ1n) is 5.93. The molecule has 1 unspecified atom stereocenters. The molecule has 0 aromatic rings. The van der Waals surface area contributed by atoms with Crippen molar-refractivity contribution in [3.8, 4) is 0 Å². The van der Waals surface area contributed by atoms with E-state index in [2.05, 4.69) is 4.74 Å². The van der Waals surface area contributed by atoms with Gasteiger partial charge in [0, 0.05) is 6.54 Å². The number of methoxy groups -OCH3 is 1. The number of rotatable bonds is 5. The number of amides is 2. The molecule has 1 aliphatic rings. The first-order chi connectivity index (χ1) is 9.36. The summed E-state index contributed by atoms with van der Waals surface area (Å²) in [5, 5.41) is 17.4. The molecule has 1 saturated heterocycles. The van der Waals surface area contributed by atoms with Gasteiger partial charge in [-0.1, -0.05) is 0 Å². The van der Waals surface area contributed by atoms with Gasteiger partial charge in [-0.15, -0.1) is 0 Å². The number of hydrogen-bond acceptors (Lipinski definition) is 5. The minimum absolute atomic E-state index is 0.258. The minimum atomic E-state index is -1.33. The van der Waals surface area contributed by atoms with Crippen molar-refractivity contribution in [1.29, 1.82) is 0 Å². The second kappa shape index (κ2) is 6.73. The topological polar surface area (TPSA) is 124 Å². The standard InChI is InChI=1S/C11H16N2O7/c1-20-10(18)7-3-2-4-13(7)11(19)12(5-8(14)15)6-9(16)17/h7H,2-6H2,1H3,(H,14,15)(H,16,17). The van der Waals surface area contributed by atoms with E-state index >= 15 is 0 Å². The number of carboxylic acid groups (broad SMARTS) is 2. The summed E-state index contributed by atoms with van der Waals surface area (Å²) in [5.74, 6) is -3.25. The van der Waals surface area contributed by atoms with Crippen LogP contribution in [0.3, 0.4) is 0 Å². The highest BCUT2D eigenvalue weighted by atomic mass is 16.5. The fraction of sp³-hybridized carbons (Fsp3) is 0.636. The van der Waals surface area contributed by atoms with Crippen molar-refractivity contribution < 1.29 is 34.1 Å². The number of esters is 1. The van der Waals surface area contributed by atoms with Crippen molar-refractivity contribution in [2.75, 3.05) is 26.7 Å². The Bertz CT molecular complexity index is 407. The van der Waals surface area contributed by atoms with E-state index in [1.165, 1.54) is 7.11 Å². The lowest BCUT2D eigenvalue weighted by molar-refractivity contribution is -0.145. The third-order valence-electron chi connectivity index (χ3n) is 2.89. The zero-order valence-corrected chi connectivity index (χ0v) is 10.9. The predicted octanol–water partition coefficient (Wildman–Crippen LogP) is -0.785. The maximum absolute atomic E-state index is 12.2. The molecular formula is C11H16N2O7. The first-order valence-corrected chi connectivity index (χ1v) is 5.93. The Morgan fingerprint density at radius 3 is 2.20 bits per heavy atom. The summed E-state index contributed by atoms with van der Waals surface area (Å²) in [7, 11) is 1.19. The monoisotopic (exact) mass is 288 g/mol. The van der Waals surface area contributed by atoms with Gasteiger partial charge in [-0.3, -0.25) is 9.59 Å². The van der Waals surface area contributed by atoms with Crippen LogP contribution in [0.25, 0.3) is 0 Å². The molecule has 1 fully saturated rings. The molecule has 20 heavy (non-hydrogen) atoms. The largest absolute Gasteiger partial charge is 0.480 e. The van der Waals surface area contributed by atoms with Crippen molar-refractivity contribution >= 4 is 23.9 Å². The zero-order chi connectivity index (χ0) is 15.3. The molecule has 0 spiro atoms. The number of nitrogens with zero attached hydrogens (tertiary/aromatic N) is 2. The summed E-state index contributed by atoms with van der Waals surface area (Å²) >= 11 is 0. The van der Waals surface area contributed by atoms with Gasteiger partial charge in [0.2, 0.25) is 0 Å². The van der Waals surface area contributed by atoms with Crippen molar-refractivity contribution in [2.24, 2.45) is 0 Å². The van der Waals surface area contributed by atoms with Crippen LogP contribution in [0.2, 0.25) is 0 Å². The van der Waals surface area contributed by atoms with Gasteiger partial charge >= 0.3 is 23.9 Å². The molecule has 1 aliphatic heterocycles. The smallest absolute Gasteiger partial charge is 0.328 e. The Kier molecular flexibility index (Phi) is 5.30. The summed E-state index contributed by atoms with van der Waals surface area (Å²) < 4.78 is 4.57. The maximum Gasteiger partial charge on any atom is 0.328 e. The van der Waals surface area contributed by atoms with Gasteiger partial charge < -0.3 is 24.7 Å². The molecule has 112 valence electrons. The van der Waals surface area contributed by atoms with Crippen molar-refractivity contribution in [2.45, 2.75) is 18.9 Å². The number of carboxylic acids is 2. The summed E-state index contributed by atoms with van der Waals surface area (Å²) in [6, 6.07) is -1.58. The van der Waals surface area contributed by atoms with E-state index in [1.807, 2.05) is 0 Å². The highest BCUT2D eigenvalue weighted by Crippen LogP contribution is 2.20. The molecule has 0 aromatic carbocycles. The Hall–Kier alpha value is -2.32. The quantitative estimate of drug-likeness (QED) is 0.635. The molecule has 9 nitrogen and oxygen atoms in total. The minimum Gasteiger partial charge on any atom is -0.480 e. The van der Waals surface area contributed by atoms with Crippen molar-refractivity contribution in [3.05, 3.63) is 0 Å². The Labute approximate surface area is 114 Å². The molecule has 0 bridgehead atoms. The molecule has 9 heteroatoms. The number of hydrogen-bond donors (Lipinski definition) is 2. The molecule has 0 radical (unpaired) electrons. The van der Waals surface area contributed by atoms with Crippen molar-refractivity contribution in [3.63, 3.8) is 0 Å². The molecule has 1 rings (SSSR count). The second-order valence-electron chi connectivity index (χ2n) is 4.30. The predicted molar refractivity (Wildman–Crippen MR) is 64.0 cm³/mol. The van der Waals surface area contributed by atoms with Crippen molar-refractivity contribution in [1.82, 2.24) is 9.80 Å². The van der Waals surface area contributed by atoms with Crippen LogP contribution >= 0.6 is 0 Å². The lowest BCUT2D eigenvalue weighted by Crippen LogP contribution is -2.51. The number of likely N-dealkylation sites (tertiary alicyclic amines) is 1. The normalized spacial score (nSPS) is 17.6. The molecule has 0 aliphatic carbocycles. The SMILES string of the molecule is COC(=O)C1CCCN1C(=O)N(CC(=O)O)CC(=O)O. The van der Waals surface area contributed by atoms with Gasteiger partial charge in [-0.25, -0.2) is 9.59 Å². The lowest BCUT2D eigenvalue weighted by atomic mass is 10.2. The second-order valence-corrected chi connectivity index (χ2v) is 4.30. The zero-order valence-electron chi connectivity index (χ0n) is 10.9. The molecule has 2 N–H and O–H groups in total. The van der Waals surface area contributed by atoms with Crippen LogP contribution in [0, 0.1) is 0 Å².